The minimum Gasteiger partial charge on any atom is -0.456 e. The second kappa shape index (κ2) is 12.5. The van der Waals surface area contributed by atoms with Crippen molar-refractivity contribution in [2.24, 2.45) is 0 Å². The van der Waals surface area contributed by atoms with Gasteiger partial charge in [-0.1, -0.05) is 133 Å². The number of benzene rings is 9. The summed E-state index contributed by atoms with van der Waals surface area (Å²) in [5.74, 6) is 0. The standard InChI is InChI=1S/C54H34N2O/c1-3-14-35(15-4-1)36-16-13-17-37(30-36)40-33-51(54-44-22-9-12-25-52(44)57-53(54)34-40)56-48-24-11-8-21-43(48)46-32-39(27-29-50(46)56)38-26-28-49-45(31-38)42-20-7-10-23-47(42)55(49)41-18-5-2-6-19-41/h1-34H. The number of hydrogen-bond acceptors (Lipinski definition) is 1. The highest BCUT2D eigenvalue weighted by Crippen LogP contribution is 2.43. The minimum absolute atomic E-state index is 0.874. The molecule has 57 heavy (non-hydrogen) atoms. The van der Waals surface area contributed by atoms with Gasteiger partial charge in [-0.25, -0.2) is 0 Å². The molecule has 0 fully saturated rings. The van der Waals surface area contributed by atoms with Crippen molar-refractivity contribution in [3.05, 3.63) is 206 Å². The van der Waals surface area contributed by atoms with Crippen molar-refractivity contribution < 1.29 is 4.42 Å². The largest absolute Gasteiger partial charge is 0.456 e. The molecule has 0 aliphatic rings. The van der Waals surface area contributed by atoms with E-state index >= 15 is 0 Å². The van der Waals surface area contributed by atoms with E-state index in [-0.39, 0.29) is 0 Å². The molecule has 0 saturated carbocycles. The molecule has 12 rings (SSSR count). The zero-order valence-corrected chi connectivity index (χ0v) is 30.9. The summed E-state index contributed by atoms with van der Waals surface area (Å²) >= 11 is 0. The third-order valence-corrected chi connectivity index (χ3v) is 11.7. The van der Waals surface area contributed by atoms with Gasteiger partial charge in [0.1, 0.15) is 11.2 Å². The quantitative estimate of drug-likeness (QED) is 0.173. The fourth-order valence-electron chi connectivity index (χ4n) is 9.10. The van der Waals surface area contributed by atoms with Crippen LogP contribution in [0.15, 0.2) is 211 Å². The van der Waals surface area contributed by atoms with E-state index in [9.17, 15) is 0 Å². The van der Waals surface area contributed by atoms with Gasteiger partial charge >= 0.3 is 0 Å². The van der Waals surface area contributed by atoms with Crippen molar-refractivity contribution in [2.45, 2.75) is 0 Å². The van der Waals surface area contributed by atoms with Gasteiger partial charge < -0.3 is 13.6 Å². The molecule has 12 aromatic rings. The maximum atomic E-state index is 6.65. The number of nitrogens with zero attached hydrogens (tertiary/aromatic N) is 2. The van der Waals surface area contributed by atoms with Gasteiger partial charge in [-0.3, -0.25) is 0 Å². The Balaban J connectivity index is 1.08. The summed E-state index contributed by atoms with van der Waals surface area (Å²) in [6.45, 7) is 0. The maximum absolute atomic E-state index is 6.65. The maximum Gasteiger partial charge on any atom is 0.138 e. The zero-order valence-electron chi connectivity index (χ0n) is 30.9. The van der Waals surface area contributed by atoms with E-state index in [4.69, 9.17) is 4.42 Å². The minimum atomic E-state index is 0.874. The molecular formula is C54H34N2O. The van der Waals surface area contributed by atoms with Crippen molar-refractivity contribution in [1.82, 2.24) is 9.13 Å². The van der Waals surface area contributed by atoms with Crippen LogP contribution in [0.5, 0.6) is 0 Å². The van der Waals surface area contributed by atoms with Crippen LogP contribution in [0.2, 0.25) is 0 Å². The van der Waals surface area contributed by atoms with Crippen molar-refractivity contribution in [2.75, 3.05) is 0 Å². The number of para-hydroxylation sites is 4. The van der Waals surface area contributed by atoms with E-state index in [1.54, 1.807) is 0 Å². The monoisotopic (exact) mass is 726 g/mol. The first kappa shape index (κ1) is 31.7. The van der Waals surface area contributed by atoms with Gasteiger partial charge in [0.15, 0.2) is 0 Å². The predicted molar refractivity (Wildman–Crippen MR) is 239 cm³/mol. The Kier molecular flexibility index (Phi) is 6.93. The number of aromatic nitrogens is 2. The van der Waals surface area contributed by atoms with E-state index in [1.165, 1.54) is 54.8 Å². The Bertz CT molecular complexity index is 3510. The average Bonchev–Trinajstić information content (AvgIpc) is 3.94. The normalized spacial score (nSPS) is 11.9. The highest BCUT2D eigenvalue weighted by molar-refractivity contribution is 6.16. The van der Waals surface area contributed by atoms with Crippen molar-refractivity contribution in [3.63, 3.8) is 0 Å². The molecule has 0 amide bonds. The first-order valence-electron chi connectivity index (χ1n) is 19.5. The molecule has 0 unspecified atom stereocenters. The van der Waals surface area contributed by atoms with Crippen LogP contribution < -0.4 is 0 Å². The highest BCUT2D eigenvalue weighted by Gasteiger charge is 2.21. The summed E-state index contributed by atoms with van der Waals surface area (Å²) in [6, 6.07) is 74.4. The molecule has 0 aliphatic carbocycles. The van der Waals surface area contributed by atoms with Crippen LogP contribution in [0, 0.1) is 0 Å². The molecule has 0 N–H and O–H groups in total. The first-order valence-corrected chi connectivity index (χ1v) is 19.5. The Morgan fingerprint density at radius 2 is 0.789 bits per heavy atom. The van der Waals surface area contributed by atoms with Crippen LogP contribution in [0.25, 0.3) is 110 Å². The van der Waals surface area contributed by atoms with Gasteiger partial charge in [-0.05, 0) is 106 Å². The number of hydrogen-bond donors (Lipinski definition) is 0. The second-order valence-electron chi connectivity index (χ2n) is 14.9. The van der Waals surface area contributed by atoms with Crippen LogP contribution in [0.4, 0.5) is 0 Å². The lowest BCUT2D eigenvalue weighted by Gasteiger charge is -2.13. The fourth-order valence-corrected chi connectivity index (χ4v) is 9.10. The lowest BCUT2D eigenvalue weighted by atomic mass is 9.97. The first-order chi connectivity index (χ1) is 28.3. The second-order valence-corrected chi connectivity index (χ2v) is 14.9. The number of fused-ring (bicyclic) bond motifs is 9. The molecule has 0 saturated heterocycles. The molecule has 3 nitrogen and oxygen atoms in total. The van der Waals surface area contributed by atoms with Crippen LogP contribution in [-0.4, -0.2) is 9.13 Å². The van der Waals surface area contributed by atoms with Crippen LogP contribution >= 0.6 is 0 Å². The number of furan rings is 1. The van der Waals surface area contributed by atoms with Gasteiger partial charge in [0.25, 0.3) is 0 Å². The van der Waals surface area contributed by atoms with Gasteiger partial charge in [0, 0.05) is 32.6 Å². The molecule has 0 spiro atoms. The van der Waals surface area contributed by atoms with Crippen molar-refractivity contribution in [1.29, 1.82) is 0 Å². The van der Waals surface area contributed by atoms with Gasteiger partial charge in [0.05, 0.1) is 33.1 Å². The summed E-state index contributed by atoms with van der Waals surface area (Å²) in [5, 5.41) is 7.15. The van der Waals surface area contributed by atoms with E-state index in [0.717, 1.165) is 55.5 Å². The topological polar surface area (TPSA) is 23.0 Å². The van der Waals surface area contributed by atoms with Gasteiger partial charge in [0.2, 0.25) is 0 Å². The predicted octanol–water partition coefficient (Wildman–Crippen LogP) is 14.8. The number of rotatable bonds is 5. The molecule has 9 aromatic carbocycles. The van der Waals surface area contributed by atoms with E-state index < -0.39 is 0 Å². The lowest BCUT2D eigenvalue weighted by Crippen LogP contribution is -1.96. The Morgan fingerprint density at radius 1 is 0.281 bits per heavy atom. The lowest BCUT2D eigenvalue weighted by molar-refractivity contribution is 0.669. The van der Waals surface area contributed by atoms with E-state index in [0.29, 0.717) is 0 Å². The Hall–Kier alpha value is -7.62. The van der Waals surface area contributed by atoms with Gasteiger partial charge in [-0.2, -0.15) is 0 Å². The van der Waals surface area contributed by atoms with Crippen molar-refractivity contribution in [3.8, 4) is 44.8 Å². The van der Waals surface area contributed by atoms with Gasteiger partial charge in [-0.15, -0.1) is 0 Å². The van der Waals surface area contributed by atoms with Crippen LogP contribution in [0.1, 0.15) is 0 Å². The third-order valence-electron chi connectivity index (χ3n) is 11.7. The molecule has 0 atom stereocenters. The SMILES string of the molecule is c1ccc(-c2cccc(-c3cc(-n4c5ccccc5c5cc(-c6ccc7c(c6)c6ccccc6n7-c6ccccc6)ccc54)c4c(c3)oc3ccccc34)c2)cc1. The highest BCUT2D eigenvalue weighted by atomic mass is 16.3. The van der Waals surface area contributed by atoms with E-state index in [2.05, 4.69) is 209 Å². The zero-order chi connectivity index (χ0) is 37.5. The molecule has 3 aromatic heterocycles. The van der Waals surface area contributed by atoms with E-state index in [1.807, 2.05) is 6.07 Å². The average molecular weight is 727 g/mol. The molecule has 3 heteroatoms. The fraction of sp³-hybridized carbons (Fsp3) is 0. The summed E-state index contributed by atoms with van der Waals surface area (Å²) in [6.07, 6.45) is 0. The summed E-state index contributed by atoms with van der Waals surface area (Å²) < 4.78 is 11.5. The molecule has 0 radical (unpaired) electrons. The molecule has 0 aliphatic heterocycles. The van der Waals surface area contributed by atoms with Crippen molar-refractivity contribution >= 4 is 65.6 Å². The smallest absolute Gasteiger partial charge is 0.138 e. The summed E-state index contributed by atoms with van der Waals surface area (Å²) in [7, 11) is 0. The molecular weight excluding hydrogens is 693 g/mol. The molecule has 3 heterocycles. The summed E-state index contributed by atoms with van der Waals surface area (Å²) in [4.78, 5) is 0. The van der Waals surface area contributed by atoms with Crippen LogP contribution in [-0.2, 0) is 0 Å². The summed E-state index contributed by atoms with van der Waals surface area (Å²) in [5.41, 5.74) is 15.8. The van der Waals surface area contributed by atoms with Crippen LogP contribution in [0.3, 0.4) is 0 Å². The molecule has 0 bridgehead atoms. The Morgan fingerprint density at radius 3 is 1.49 bits per heavy atom. The molecule has 266 valence electrons. The third kappa shape index (κ3) is 4.92. The Labute approximate surface area is 328 Å².